The summed E-state index contributed by atoms with van der Waals surface area (Å²) in [6, 6.07) is 2.14. The third-order valence-electron chi connectivity index (χ3n) is 3.41. The Morgan fingerprint density at radius 1 is 1.47 bits per heavy atom. The molecule has 0 aliphatic carbocycles. The number of Topliss-reactive ketones (excluding diaryl/α,β-unsaturated/α-hetero) is 1. The average molecular weight is 229 g/mol. The fourth-order valence-corrected chi connectivity index (χ4v) is 2.53. The van der Waals surface area contributed by atoms with Crippen molar-refractivity contribution in [2.75, 3.05) is 6.54 Å². The fraction of sp³-hybridized carbons (Fsp3) is 0.385. The molecule has 4 heteroatoms. The summed E-state index contributed by atoms with van der Waals surface area (Å²) >= 11 is 0. The van der Waals surface area contributed by atoms with Gasteiger partial charge in [-0.15, -0.1) is 0 Å². The van der Waals surface area contributed by atoms with E-state index >= 15 is 0 Å². The minimum atomic E-state index is 0.132. The molecule has 0 aromatic carbocycles. The van der Waals surface area contributed by atoms with Crippen LogP contribution < -0.4 is 5.32 Å². The van der Waals surface area contributed by atoms with Gasteiger partial charge in [-0.3, -0.25) is 4.79 Å². The van der Waals surface area contributed by atoms with Crippen molar-refractivity contribution >= 4 is 16.8 Å². The van der Waals surface area contributed by atoms with Crippen molar-refractivity contribution in [1.82, 2.24) is 15.3 Å². The van der Waals surface area contributed by atoms with Crippen molar-refractivity contribution in [3.8, 4) is 0 Å². The van der Waals surface area contributed by atoms with E-state index in [0.29, 0.717) is 18.6 Å². The molecule has 1 aliphatic heterocycles. The van der Waals surface area contributed by atoms with E-state index in [1.807, 2.05) is 12.3 Å². The van der Waals surface area contributed by atoms with Gasteiger partial charge in [0.1, 0.15) is 11.4 Å². The molecule has 1 fully saturated rings. The standard InChI is InChI=1S/C13H15N3O/c1-8-2-4-15-13-12(8)10(7-16-13)11-6-9(17)3-5-14-11/h2,4,7,11,14H,3,5-6H2,1H3,(H,15,16). The van der Waals surface area contributed by atoms with E-state index in [2.05, 4.69) is 22.2 Å². The lowest BCUT2D eigenvalue weighted by molar-refractivity contribution is -0.120. The molecule has 17 heavy (non-hydrogen) atoms. The Kier molecular flexibility index (Phi) is 2.44. The molecular formula is C13H15N3O. The zero-order valence-corrected chi connectivity index (χ0v) is 9.79. The molecular weight excluding hydrogens is 214 g/mol. The predicted octanol–water partition coefficient (Wildman–Crippen LogP) is 1.86. The van der Waals surface area contributed by atoms with E-state index < -0.39 is 0 Å². The minimum absolute atomic E-state index is 0.132. The first-order chi connectivity index (χ1) is 8.25. The lowest BCUT2D eigenvalue weighted by atomic mass is 9.95. The monoisotopic (exact) mass is 229 g/mol. The number of hydrogen-bond donors (Lipinski definition) is 2. The van der Waals surface area contributed by atoms with Crippen molar-refractivity contribution < 1.29 is 4.79 Å². The Morgan fingerprint density at radius 3 is 3.18 bits per heavy atom. The SMILES string of the molecule is Cc1ccnc2[nH]cc(C3CC(=O)CCN3)c12. The number of ketones is 1. The van der Waals surface area contributed by atoms with E-state index in [-0.39, 0.29) is 6.04 Å². The van der Waals surface area contributed by atoms with E-state index in [1.54, 1.807) is 6.20 Å². The molecule has 1 unspecified atom stereocenters. The van der Waals surface area contributed by atoms with Gasteiger partial charge < -0.3 is 10.3 Å². The molecule has 2 aromatic heterocycles. The maximum absolute atomic E-state index is 11.5. The highest BCUT2D eigenvalue weighted by molar-refractivity contribution is 5.86. The predicted molar refractivity (Wildman–Crippen MR) is 65.8 cm³/mol. The molecule has 2 aromatic rings. The zero-order chi connectivity index (χ0) is 11.8. The molecule has 4 nitrogen and oxygen atoms in total. The van der Waals surface area contributed by atoms with Crippen LogP contribution in [0.5, 0.6) is 0 Å². The van der Waals surface area contributed by atoms with Crippen LogP contribution in [0.1, 0.15) is 30.0 Å². The number of rotatable bonds is 1. The molecule has 1 saturated heterocycles. The topological polar surface area (TPSA) is 57.8 Å². The summed E-state index contributed by atoms with van der Waals surface area (Å²) in [6.07, 6.45) is 5.01. The van der Waals surface area contributed by atoms with Gasteiger partial charge in [-0.2, -0.15) is 0 Å². The molecule has 2 N–H and O–H groups in total. The first-order valence-corrected chi connectivity index (χ1v) is 5.93. The van der Waals surface area contributed by atoms with Gasteiger partial charge in [0.2, 0.25) is 0 Å². The number of nitrogens with zero attached hydrogens (tertiary/aromatic N) is 1. The number of nitrogens with one attached hydrogen (secondary N) is 2. The summed E-state index contributed by atoms with van der Waals surface area (Å²) in [7, 11) is 0. The molecule has 0 radical (unpaired) electrons. The van der Waals surface area contributed by atoms with Gasteiger partial charge in [0.05, 0.1) is 0 Å². The van der Waals surface area contributed by atoms with Gasteiger partial charge in [-0.25, -0.2) is 4.98 Å². The Labute approximate surface area is 99.4 Å². The van der Waals surface area contributed by atoms with Crippen molar-refractivity contribution in [3.05, 3.63) is 29.6 Å². The van der Waals surface area contributed by atoms with Crippen LogP contribution in [-0.2, 0) is 4.79 Å². The Hall–Kier alpha value is -1.68. The number of aryl methyl sites for hydroxylation is 1. The number of carbonyl (C=O) groups is 1. The lowest BCUT2D eigenvalue weighted by Gasteiger charge is -2.22. The number of carbonyl (C=O) groups excluding carboxylic acids is 1. The number of pyridine rings is 1. The van der Waals surface area contributed by atoms with E-state index in [0.717, 1.165) is 17.6 Å². The summed E-state index contributed by atoms with van der Waals surface area (Å²) in [5.41, 5.74) is 3.27. The normalized spacial score (nSPS) is 21.0. The van der Waals surface area contributed by atoms with Gasteiger partial charge in [0.15, 0.2) is 0 Å². The molecule has 0 spiro atoms. The lowest BCUT2D eigenvalue weighted by Crippen LogP contribution is -2.31. The van der Waals surface area contributed by atoms with Crippen LogP contribution in [0.3, 0.4) is 0 Å². The van der Waals surface area contributed by atoms with Crippen molar-refractivity contribution in [3.63, 3.8) is 0 Å². The third-order valence-corrected chi connectivity index (χ3v) is 3.41. The molecule has 0 saturated carbocycles. The summed E-state index contributed by atoms with van der Waals surface area (Å²) in [5.74, 6) is 0.338. The number of aromatic nitrogens is 2. The van der Waals surface area contributed by atoms with E-state index in [4.69, 9.17) is 0 Å². The van der Waals surface area contributed by atoms with E-state index in [9.17, 15) is 4.79 Å². The Bertz CT molecular complexity index is 573. The number of piperidine rings is 1. The highest BCUT2D eigenvalue weighted by Crippen LogP contribution is 2.29. The number of aromatic amines is 1. The second kappa shape index (κ2) is 3.96. The smallest absolute Gasteiger partial charge is 0.137 e. The first kappa shape index (κ1) is 10.5. The van der Waals surface area contributed by atoms with Crippen molar-refractivity contribution in [2.24, 2.45) is 0 Å². The second-order valence-corrected chi connectivity index (χ2v) is 4.59. The highest BCUT2D eigenvalue weighted by Gasteiger charge is 2.23. The van der Waals surface area contributed by atoms with E-state index in [1.165, 1.54) is 11.1 Å². The van der Waals surface area contributed by atoms with Crippen LogP contribution in [0.25, 0.3) is 11.0 Å². The number of H-pyrrole nitrogens is 1. The number of fused-ring (bicyclic) bond motifs is 1. The van der Waals surface area contributed by atoms with Crippen molar-refractivity contribution in [1.29, 1.82) is 0 Å². The van der Waals surface area contributed by atoms with Gasteiger partial charge in [-0.05, 0) is 24.1 Å². The van der Waals surface area contributed by atoms with Crippen LogP contribution in [0, 0.1) is 6.92 Å². The van der Waals surface area contributed by atoms with Crippen LogP contribution >= 0.6 is 0 Å². The second-order valence-electron chi connectivity index (χ2n) is 4.59. The quantitative estimate of drug-likeness (QED) is 0.784. The van der Waals surface area contributed by atoms with Crippen molar-refractivity contribution in [2.45, 2.75) is 25.8 Å². The Morgan fingerprint density at radius 2 is 2.35 bits per heavy atom. The van der Waals surface area contributed by atoms with Crippen LogP contribution in [-0.4, -0.2) is 22.3 Å². The zero-order valence-electron chi connectivity index (χ0n) is 9.79. The minimum Gasteiger partial charge on any atom is -0.346 e. The molecule has 3 heterocycles. The average Bonchev–Trinajstić information content (AvgIpc) is 2.74. The Balaban J connectivity index is 2.08. The van der Waals surface area contributed by atoms with Gasteiger partial charge in [0, 0.05) is 43.2 Å². The summed E-state index contributed by atoms with van der Waals surface area (Å²) in [6.45, 7) is 2.85. The molecule has 1 aliphatic rings. The van der Waals surface area contributed by atoms with Crippen LogP contribution in [0.4, 0.5) is 0 Å². The van der Waals surface area contributed by atoms with Gasteiger partial charge in [-0.1, -0.05) is 0 Å². The summed E-state index contributed by atoms with van der Waals surface area (Å²) < 4.78 is 0. The summed E-state index contributed by atoms with van der Waals surface area (Å²) in [4.78, 5) is 19.0. The summed E-state index contributed by atoms with van der Waals surface area (Å²) in [5, 5.41) is 4.56. The molecule has 0 amide bonds. The molecule has 88 valence electrons. The molecule has 3 rings (SSSR count). The maximum atomic E-state index is 11.5. The van der Waals surface area contributed by atoms with Crippen LogP contribution in [0.15, 0.2) is 18.5 Å². The highest BCUT2D eigenvalue weighted by atomic mass is 16.1. The fourth-order valence-electron chi connectivity index (χ4n) is 2.53. The largest absolute Gasteiger partial charge is 0.346 e. The van der Waals surface area contributed by atoms with Gasteiger partial charge in [0.25, 0.3) is 0 Å². The first-order valence-electron chi connectivity index (χ1n) is 5.93. The molecule has 1 atom stereocenters. The van der Waals surface area contributed by atoms with Crippen LogP contribution in [0.2, 0.25) is 0 Å². The third kappa shape index (κ3) is 1.74. The molecule has 0 bridgehead atoms. The number of hydrogen-bond acceptors (Lipinski definition) is 3. The van der Waals surface area contributed by atoms with Gasteiger partial charge >= 0.3 is 0 Å². The maximum Gasteiger partial charge on any atom is 0.137 e.